The van der Waals surface area contributed by atoms with E-state index in [1.165, 1.54) is 19.2 Å². The summed E-state index contributed by atoms with van der Waals surface area (Å²) < 4.78 is 0. The number of aliphatic hydroxyl groups is 1. The zero-order valence-electron chi connectivity index (χ0n) is 11.4. The second kappa shape index (κ2) is 5.09. The Morgan fingerprint density at radius 2 is 2.25 bits per heavy atom. The topological polar surface area (TPSA) is 95.7 Å². The third-order valence-electron chi connectivity index (χ3n) is 3.46. The lowest BCUT2D eigenvalue weighted by molar-refractivity contribution is -0.384. The minimum absolute atomic E-state index is 0.127. The van der Waals surface area contributed by atoms with Crippen molar-refractivity contribution in [3.05, 3.63) is 33.9 Å². The van der Waals surface area contributed by atoms with Crippen LogP contribution in [0.3, 0.4) is 0 Å². The standard InChI is InChI=1S/C13H17N3O4/c1-13(18)5-6-15(8-13)11-4-3-9(16(19)20)7-10(11)12(17)14-2/h3-4,7,18H,5-6,8H2,1-2H3,(H,14,17). The van der Waals surface area contributed by atoms with Crippen molar-refractivity contribution in [3.8, 4) is 0 Å². The molecule has 1 aliphatic rings. The van der Waals surface area contributed by atoms with Gasteiger partial charge < -0.3 is 15.3 Å². The summed E-state index contributed by atoms with van der Waals surface area (Å²) in [6.07, 6.45) is 0.594. The summed E-state index contributed by atoms with van der Waals surface area (Å²) in [5, 5.41) is 23.3. The largest absolute Gasteiger partial charge is 0.388 e. The van der Waals surface area contributed by atoms with Crippen LogP contribution in [0.15, 0.2) is 18.2 Å². The van der Waals surface area contributed by atoms with Crippen LogP contribution in [0.1, 0.15) is 23.7 Å². The number of non-ortho nitro benzene ring substituents is 1. The number of amides is 1. The third-order valence-corrected chi connectivity index (χ3v) is 3.46. The minimum Gasteiger partial charge on any atom is -0.388 e. The number of nitrogens with zero attached hydrogens (tertiary/aromatic N) is 2. The number of nitrogens with one attached hydrogen (secondary N) is 1. The lowest BCUT2D eigenvalue weighted by atomic mass is 10.1. The van der Waals surface area contributed by atoms with E-state index in [4.69, 9.17) is 0 Å². The number of nitro groups is 1. The molecule has 7 nitrogen and oxygen atoms in total. The Bertz CT molecular complexity index is 557. The molecule has 108 valence electrons. The van der Waals surface area contributed by atoms with E-state index in [-0.39, 0.29) is 17.2 Å². The molecule has 2 N–H and O–H groups in total. The van der Waals surface area contributed by atoms with E-state index >= 15 is 0 Å². The van der Waals surface area contributed by atoms with Gasteiger partial charge in [-0.1, -0.05) is 0 Å². The van der Waals surface area contributed by atoms with E-state index in [2.05, 4.69) is 5.32 Å². The number of carbonyl (C=O) groups is 1. The number of β-amino-alcohol motifs (C(OH)–C–C–N with tert-alkyl or cyclic N) is 1. The summed E-state index contributed by atoms with van der Waals surface area (Å²) >= 11 is 0. The van der Waals surface area contributed by atoms with Crippen molar-refractivity contribution < 1.29 is 14.8 Å². The number of nitro benzene ring substituents is 1. The Balaban J connectivity index is 2.42. The highest BCUT2D eigenvalue weighted by molar-refractivity contribution is 6.00. The summed E-state index contributed by atoms with van der Waals surface area (Å²) in [5.41, 5.74) is -0.0766. The van der Waals surface area contributed by atoms with Crippen LogP contribution in [0.25, 0.3) is 0 Å². The molecule has 2 rings (SSSR count). The molecule has 1 atom stereocenters. The van der Waals surface area contributed by atoms with Crippen LogP contribution in [0, 0.1) is 10.1 Å². The second-order valence-electron chi connectivity index (χ2n) is 5.21. The van der Waals surface area contributed by atoms with E-state index < -0.39 is 10.5 Å². The molecule has 1 saturated heterocycles. The molecule has 0 spiro atoms. The highest BCUT2D eigenvalue weighted by Crippen LogP contribution is 2.31. The van der Waals surface area contributed by atoms with Crippen LogP contribution in [0.2, 0.25) is 0 Å². The van der Waals surface area contributed by atoms with Crippen molar-refractivity contribution in [1.29, 1.82) is 0 Å². The van der Waals surface area contributed by atoms with E-state index in [1.807, 2.05) is 4.90 Å². The summed E-state index contributed by atoms with van der Waals surface area (Å²) in [4.78, 5) is 24.1. The maximum atomic E-state index is 11.9. The summed E-state index contributed by atoms with van der Waals surface area (Å²) in [6.45, 7) is 2.74. The van der Waals surface area contributed by atoms with Gasteiger partial charge >= 0.3 is 0 Å². The lowest BCUT2D eigenvalue weighted by Crippen LogP contribution is -2.31. The molecule has 20 heavy (non-hydrogen) atoms. The third kappa shape index (κ3) is 2.72. The van der Waals surface area contributed by atoms with Crippen LogP contribution in [-0.2, 0) is 0 Å². The number of hydrogen-bond acceptors (Lipinski definition) is 5. The molecule has 1 aromatic rings. The molecular weight excluding hydrogens is 262 g/mol. The molecule has 0 radical (unpaired) electrons. The van der Waals surface area contributed by atoms with Crippen molar-refractivity contribution in [2.24, 2.45) is 0 Å². The second-order valence-corrected chi connectivity index (χ2v) is 5.21. The van der Waals surface area contributed by atoms with Crippen molar-refractivity contribution in [1.82, 2.24) is 5.32 Å². The SMILES string of the molecule is CNC(=O)c1cc([N+](=O)[O-])ccc1N1CCC(C)(O)C1. The molecular formula is C13H17N3O4. The number of rotatable bonds is 3. The summed E-state index contributed by atoms with van der Waals surface area (Å²) in [5.74, 6) is -0.379. The summed E-state index contributed by atoms with van der Waals surface area (Å²) in [7, 11) is 1.48. The quantitative estimate of drug-likeness (QED) is 0.633. The first kappa shape index (κ1) is 14.3. The van der Waals surface area contributed by atoms with Gasteiger partial charge in [0.05, 0.1) is 21.8 Å². The van der Waals surface area contributed by atoms with Crippen LogP contribution in [0.4, 0.5) is 11.4 Å². The van der Waals surface area contributed by atoms with Crippen molar-refractivity contribution >= 4 is 17.3 Å². The summed E-state index contributed by atoms with van der Waals surface area (Å²) in [6, 6.07) is 4.19. The van der Waals surface area contributed by atoms with Gasteiger partial charge in [0.25, 0.3) is 11.6 Å². The van der Waals surface area contributed by atoms with E-state index in [0.29, 0.717) is 25.2 Å². The van der Waals surface area contributed by atoms with Gasteiger partial charge in [0.15, 0.2) is 0 Å². The molecule has 1 amide bonds. The first-order chi connectivity index (χ1) is 9.34. The Morgan fingerprint density at radius 3 is 2.75 bits per heavy atom. The Morgan fingerprint density at radius 1 is 1.55 bits per heavy atom. The number of carbonyl (C=O) groups excluding carboxylic acids is 1. The van der Waals surface area contributed by atoms with Gasteiger partial charge in [-0.25, -0.2) is 0 Å². The molecule has 0 bridgehead atoms. The monoisotopic (exact) mass is 279 g/mol. The van der Waals surface area contributed by atoms with Crippen molar-refractivity contribution in [2.45, 2.75) is 18.9 Å². The lowest BCUT2D eigenvalue weighted by Gasteiger charge is -2.22. The average Bonchev–Trinajstić information content (AvgIpc) is 2.77. The molecule has 1 heterocycles. The predicted octanol–water partition coefficient (Wildman–Crippen LogP) is 0.915. The predicted molar refractivity (Wildman–Crippen MR) is 73.9 cm³/mol. The van der Waals surface area contributed by atoms with Crippen LogP contribution in [-0.4, -0.2) is 41.7 Å². The molecule has 0 saturated carbocycles. The maximum Gasteiger partial charge on any atom is 0.270 e. The Kier molecular flexibility index (Phi) is 3.63. The van der Waals surface area contributed by atoms with Gasteiger partial charge in [0, 0.05) is 32.3 Å². The maximum absolute atomic E-state index is 11.9. The van der Waals surface area contributed by atoms with Gasteiger partial charge in [-0.3, -0.25) is 14.9 Å². The zero-order chi connectivity index (χ0) is 14.9. The van der Waals surface area contributed by atoms with Gasteiger partial charge in [0.1, 0.15) is 0 Å². The zero-order valence-corrected chi connectivity index (χ0v) is 11.4. The van der Waals surface area contributed by atoms with E-state index in [0.717, 1.165) is 0 Å². The first-order valence-corrected chi connectivity index (χ1v) is 6.32. The molecule has 1 aliphatic heterocycles. The fraction of sp³-hybridized carbons (Fsp3) is 0.462. The van der Waals surface area contributed by atoms with Crippen LogP contribution >= 0.6 is 0 Å². The van der Waals surface area contributed by atoms with E-state index in [9.17, 15) is 20.0 Å². The first-order valence-electron chi connectivity index (χ1n) is 6.32. The molecule has 1 fully saturated rings. The Labute approximate surface area is 116 Å². The Hall–Kier alpha value is -2.15. The highest BCUT2D eigenvalue weighted by Gasteiger charge is 2.33. The average molecular weight is 279 g/mol. The van der Waals surface area contributed by atoms with E-state index in [1.54, 1.807) is 13.0 Å². The van der Waals surface area contributed by atoms with Crippen molar-refractivity contribution in [3.63, 3.8) is 0 Å². The van der Waals surface area contributed by atoms with Gasteiger partial charge in [0.2, 0.25) is 0 Å². The normalized spacial score (nSPS) is 21.9. The minimum atomic E-state index is -0.804. The number of benzene rings is 1. The van der Waals surface area contributed by atoms with Gasteiger partial charge in [-0.15, -0.1) is 0 Å². The van der Waals surface area contributed by atoms with Crippen molar-refractivity contribution in [2.75, 3.05) is 25.0 Å². The number of anilines is 1. The van der Waals surface area contributed by atoms with Crippen LogP contribution in [0.5, 0.6) is 0 Å². The molecule has 7 heteroatoms. The fourth-order valence-corrected chi connectivity index (χ4v) is 2.38. The fourth-order valence-electron chi connectivity index (χ4n) is 2.38. The molecule has 0 aliphatic carbocycles. The number of hydrogen-bond donors (Lipinski definition) is 2. The van der Waals surface area contributed by atoms with Gasteiger partial charge in [-0.2, -0.15) is 0 Å². The smallest absolute Gasteiger partial charge is 0.270 e. The van der Waals surface area contributed by atoms with Gasteiger partial charge in [-0.05, 0) is 19.4 Å². The van der Waals surface area contributed by atoms with Crippen LogP contribution < -0.4 is 10.2 Å². The molecule has 0 aromatic heterocycles. The molecule has 1 unspecified atom stereocenters. The highest BCUT2D eigenvalue weighted by atomic mass is 16.6. The molecule has 1 aromatic carbocycles.